The van der Waals surface area contributed by atoms with Crippen molar-refractivity contribution in [2.75, 3.05) is 0 Å². The first-order chi connectivity index (χ1) is 17.3. The molecule has 0 amide bonds. The van der Waals surface area contributed by atoms with Gasteiger partial charge >= 0.3 is 0 Å². The number of rotatable bonds is 23. The Bertz CT molecular complexity index is 718. The van der Waals surface area contributed by atoms with E-state index in [2.05, 4.69) is 65.7 Å². The summed E-state index contributed by atoms with van der Waals surface area (Å²) >= 11 is 0. The number of hydrogen-bond acceptors (Lipinski definition) is 0. The molecule has 1 aromatic heterocycles. The predicted octanol–water partition coefficient (Wildman–Crippen LogP) is 9.82. The lowest BCUT2D eigenvalue weighted by molar-refractivity contribution is -0.704. The van der Waals surface area contributed by atoms with E-state index in [1.54, 1.807) is 0 Å². The second kappa shape index (κ2) is 20.6. The molecular formula is C33H57N2+. The van der Waals surface area contributed by atoms with E-state index in [9.17, 15) is 0 Å². The van der Waals surface area contributed by atoms with Crippen LogP contribution in [0.1, 0.15) is 147 Å². The molecule has 0 aliphatic heterocycles. The Hall–Kier alpha value is -1.57. The van der Waals surface area contributed by atoms with Gasteiger partial charge in [0.05, 0.1) is 6.54 Å². The van der Waals surface area contributed by atoms with Gasteiger partial charge in [0.15, 0.2) is 0 Å². The lowest BCUT2D eigenvalue weighted by atomic mass is 10.1. The van der Waals surface area contributed by atoms with Crippen LogP contribution in [0, 0.1) is 0 Å². The fraction of sp³-hybridized carbons (Fsp3) is 0.727. The van der Waals surface area contributed by atoms with Gasteiger partial charge in [-0.15, -0.1) is 0 Å². The van der Waals surface area contributed by atoms with E-state index in [1.165, 1.54) is 146 Å². The normalized spacial score (nSPS) is 11.4. The summed E-state index contributed by atoms with van der Waals surface area (Å²) in [5.74, 6) is 1.53. The lowest BCUT2D eigenvalue weighted by Gasteiger charge is -2.07. The molecule has 0 unspecified atom stereocenters. The van der Waals surface area contributed by atoms with Crippen molar-refractivity contribution in [3.8, 4) is 0 Å². The third-order valence-corrected chi connectivity index (χ3v) is 7.54. The van der Waals surface area contributed by atoms with E-state index in [0.29, 0.717) is 0 Å². The third kappa shape index (κ3) is 13.9. The summed E-state index contributed by atoms with van der Waals surface area (Å²) in [5.41, 5.74) is 1.40. The maximum atomic E-state index is 2.57. The molecular weight excluding hydrogens is 424 g/mol. The molecule has 0 saturated carbocycles. The molecule has 0 radical (unpaired) electrons. The highest BCUT2D eigenvalue weighted by Gasteiger charge is 2.17. The number of imidazole rings is 1. The first-order valence-electron chi connectivity index (χ1n) is 15.5. The Morgan fingerprint density at radius 2 is 1.06 bits per heavy atom. The SMILES string of the molecule is CCCCCCCCCCCCCC[n+]1ccn(Cc2ccccc2)c1CCCCCCCCC. The van der Waals surface area contributed by atoms with Crippen molar-refractivity contribution >= 4 is 0 Å². The van der Waals surface area contributed by atoms with Crippen LogP contribution >= 0.6 is 0 Å². The zero-order chi connectivity index (χ0) is 24.8. The molecule has 198 valence electrons. The maximum Gasteiger partial charge on any atom is 0.256 e. The molecule has 1 heterocycles. The number of benzene rings is 1. The first kappa shape index (κ1) is 29.7. The van der Waals surface area contributed by atoms with Gasteiger partial charge in [0, 0.05) is 6.42 Å². The molecule has 1 aromatic carbocycles. The summed E-state index contributed by atoms with van der Waals surface area (Å²) in [7, 11) is 0. The van der Waals surface area contributed by atoms with Crippen molar-refractivity contribution in [2.45, 2.75) is 155 Å². The van der Waals surface area contributed by atoms with Gasteiger partial charge < -0.3 is 0 Å². The summed E-state index contributed by atoms with van der Waals surface area (Å²) in [6.45, 7) is 6.79. The van der Waals surface area contributed by atoms with Crippen LogP contribution < -0.4 is 4.57 Å². The molecule has 0 aliphatic carbocycles. The summed E-state index contributed by atoms with van der Waals surface area (Å²) in [4.78, 5) is 0. The van der Waals surface area contributed by atoms with Gasteiger partial charge in [0.2, 0.25) is 0 Å². The Balaban J connectivity index is 1.69. The zero-order valence-corrected chi connectivity index (χ0v) is 23.5. The number of unbranched alkanes of at least 4 members (excludes halogenated alkanes) is 17. The summed E-state index contributed by atoms with van der Waals surface area (Å²) in [5, 5.41) is 0. The van der Waals surface area contributed by atoms with Gasteiger partial charge in [0.25, 0.3) is 5.82 Å². The van der Waals surface area contributed by atoms with Crippen LogP contribution in [-0.2, 0) is 19.5 Å². The first-order valence-corrected chi connectivity index (χ1v) is 15.5. The van der Waals surface area contributed by atoms with Crippen LogP contribution in [0.2, 0.25) is 0 Å². The van der Waals surface area contributed by atoms with E-state index in [4.69, 9.17) is 0 Å². The van der Waals surface area contributed by atoms with Gasteiger partial charge in [-0.2, -0.15) is 0 Å². The second-order valence-electron chi connectivity index (χ2n) is 10.8. The van der Waals surface area contributed by atoms with Gasteiger partial charge in [-0.3, -0.25) is 0 Å². The van der Waals surface area contributed by atoms with E-state index in [1.807, 2.05) is 0 Å². The van der Waals surface area contributed by atoms with Crippen molar-refractivity contribution in [1.29, 1.82) is 0 Å². The standard InChI is InChI=1S/C33H57N2/c1-3-5-7-9-11-12-13-14-15-17-19-24-28-34-29-30-35(31-32-25-21-20-22-26-32)33(34)27-23-18-16-10-8-6-4-2/h20-22,25-26,29-30H,3-19,23-24,27-28,31H2,1-2H3/q+1. The largest absolute Gasteiger partial charge is 0.256 e. The highest BCUT2D eigenvalue weighted by atomic mass is 15.1. The topological polar surface area (TPSA) is 8.81 Å². The van der Waals surface area contributed by atoms with E-state index < -0.39 is 0 Å². The molecule has 0 aliphatic rings. The summed E-state index contributed by atoms with van der Waals surface area (Å²) < 4.78 is 5.07. The van der Waals surface area contributed by atoms with Crippen molar-refractivity contribution < 1.29 is 4.57 Å². The second-order valence-corrected chi connectivity index (χ2v) is 10.8. The molecule has 0 saturated heterocycles. The van der Waals surface area contributed by atoms with Crippen molar-refractivity contribution in [3.63, 3.8) is 0 Å². The smallest absolute Gasteiger partial charge is 0.234 e. The Labute approximate surface area is 218 Å². The molecule has 0 atom stereocenters. The predicted molar refractivity (Wildman–Crippen MR) is 153 cm³/mol. The molecule has 0 spiro atoms. The van der Waals surface area contributed by atoms with Crippen molar-refractivity contribution in [2.24, 2.45) is 0 Å². The molecule has 2 rings (SSSR count). The van der Waals surface area contributed by atoms with Crippen LogP contribution in [-0.4, -0.2) is 4.57 Å². The fourth-order valence-electron chi connectivity index (χ4n) is 5.28. The van der Waals surface area contributed by atoms with Crippen molar-refractivity contribution in [3.05, 3.63) is 54.1 Å². The molecule has 0 N–H and O–H groups in total. The lowest BCUT2D eigenvalue weighted by Crippen LogP contribution is -2.37. The van der Waals surface area contributed by atoms with Crippen LogP contribution in [0.3, 0.4) is 0 Å². The van der Waals surface area contributed by atoms with Gasteiger partial charge in [0.1, 0.15) is 18.9 Å². The highest BCUT2D eigenvalue weighted by Crippen LogP contribution is 2.14. The Morgan fingerprint density at radius 1 is 0.571 bits per heavy atom. The summed E-state index contributed by atoms with van der Waals surface area (Å²) in [6.07, 6.45) is 32.6. The Morgan fingerprint density at radius 3 is 1.60 bits per heavy atom. The van der Waals surface area contributed by atoms with Crippen LogP contribution in [0.5, 0.6) is 0 Å². The van der Waals surface area contributed by atoms with Gasteiger partial charge in [-0.25, -0.2) is 9.13 Å². The molecule has 2 aromatic rings. The summed E-state index contributed by atoms with van der Waals surface area (Å²) in [6, 6.07) is 11.0. The quantitative estimate of drug-likeness (QED) is 0.110. The van der Waals surface area contributed by atoms with Gasteiger partial charge in [-0.05, 0) is 24.8 Å². The van der Waals surface area contributed by atoms with Crippen molar-refractivity contribution in [1.82, 2.24) is 4.57 Å². The van der Waals surface area contributed by atoms with E-state index in [0.717, 1.165) is 6.54 Å². The van der Waals surface area contributed by atoms with E-state index in [-0.39, 0.29) is 0 Å². The van der Waals surface area contributed by atoms with E-state index >= 15 is 0 Å². The third-order valence-electron chi connectivity index (χ3n) is 7.54. The maximum absolute atomic E-state index is 2.57. The number of nitrogens with zero attached hydrogens (tertiary/aromatic N) is 2. The number of aromatic nitrogens is 2. The minimum atomic E-state index is 0.998. The van der Waals surface area contributed by atoms with Crippen LogP contribution in [0.4, 0.5) is 0 Å². The molecule has 0 bridgehead atoms. The molecule has 35 heavy (non-hydrogen) atoms. The molecule has 2 heteroatoms. The fourth-order valence-corrected chi connectivity index (χ4v) is 5.28. The number of aryl methyl sites for hydroxylation is 1. The minimum absolute atomic E-state index is 0.998. The molecule has 0 fully saturated rings. The monoisotopic (exact) mass is 481 g/mol. The average molecular weight is 482 g/mol. The zero-order valence-electron chi connectivity index (χ0n) is 23.5. The van der Waals surface area contributed by atoms with Crippen LogP contribution in [0.25, 0.3) is 0 Å². The molecule has 2 nitrogen and oxygen atoms in total. The number of hydrogen-bond donors (Lipinski definition) is 0. The van der Waals surface area contributed by atoms with Gasteiger partial charge in [-0.1, -0.05) is 147 Å². The van der Waals surface area contributed by atoms with Crippen LogP contribution in [0.15, 0.2) is 42.7 Å². The average Bonchev–Trinajstić information content (AvgIpc) is 3.25. The Kier molecular flexibility index (Phi) is 17.5. The minimum Gasteiger partial charge on any atom is -0.234 e. The highest BCUT2D eigenvalue weighted by molar-refractivity contribution is 5.15.